The Hall–Kier alpha value is -4.63. The second-order valence-corrected chi connectivity index (χ2v) is 19.7. The van der Waals surface area contributed by atoms with Gasteiger partial charge in [0.2, 0.25) is 5.62 Å². The van der Waals surface area contributed by atoms with Crippen molar-refractivity contribution in [1.29, 1.82) is 5.41 Å². The Bertz CT molecular complexity index is 2060. The minimum atomic E-state index is -0.202. The van der Waals surface area contributed by atoms with Gasteiger partial charge in [-0.25, -0.2) is 0 Å². The van der Waals surface area contributed by atoms with Crippen LogP contribution in [-0.2, 0) is 32.5 Å². The summed E-state index contributed by atoms with van der Waals surface area (Å²) in [5.74, 6) is 0. The number of aromatic nitrogens is 2. The van der Waals surface area contributed by atoms with E-state index in [1.165, 1.54) is 44.8 Å². The molecule has 1 aromatic heterocycles. The topological polar surface area (TPSA) is 33.7 Å². The summed E-state index contributed by atoms with van der Waals surface area (Å²) in [6.45, 7) is 23.5. The van der Waals surface area contributed by atoms with Gasteiger partial charge in [-0.15, -0.1) is 0 Å². The van der Waals surface area contributed by atoms with E-state index < -0.39 is 0 Å². The van der Waals surface area contributed by atoms with Gasteiger partial charge in [-0.05, 0) is 95.6 Å². The molecule has 3 nitrogen and oxygen atoms in total. The normalized spacial score (nSPS) is 26.6. The first-order valence-electron chi connectivity index (χ1n) is 22.2. The maximum absolute atomic E-state index is 10.6. The molecule has 3 aromatic rings. The average Bonchev–Trinajstić information content (AvgIpc) is 3.62. The maximum Gasteiger partial charge on any atom is 0.211 e. The van der Waals surface area contributed by atoms with Crippen molar-refractivity contribution in [2.45, 2.75) is 153 Å². The maximum atomic E-state index is 10.6. The SMILES string of the molecule is CC[C@]1(c2cc(C(C)(C)C)cc([C@@]3(CC)C=CC=CC3)c2-n2ccn(-c3c([C@@]4(CC)C=CC=CC4)cc(C(C)(C)C)cc3[C@@]3(CC)C=CC=CC3)c2=N)C=CC=CC1. The lowest BCUT2D eigenvalue weighted by Crippen LogP contribution is -2.36. The zero-order chi connectivity index (χ0) is 41.6. The summed E-state index contributed by atoms with van der Waals surface area (Å²) in [4.78, 5) is 0. The zero-order valence-corrected chi connectivity index (χ0v) is 37.3. The molecule has 0 amide bonds. The first-order valence-corrected chi connectivity index (χ1v) is 22.2. The Labute approximate surface area is 350 Å². The van der Waals surface area contributed by atoms with Crippen LogP contribution in [0.15, 0.2) is 134 Å². The second kappa shape index (κ2) is 15.5. The van der Waals surface area contributed by atoms with Crippen molar-refractivity contribution in [3.63, 3.8) is 0 Å². The van der Waals surface area contributed by atoms with E-state index in [2.05, 4.69) is 212 Å². The van der Waals surface area contributed by atoms with Crippen molar-refractivity contribution in [3.05, 3.63) is 173 Å². The number of nitrogens with zero attached hydrogens (tertiary/aromatic N) is 2. The van der Waals surface area contributed by atoms with E-state index in [0.717, 1.165) is 51.4 Å². The van der Waals surface area contributed by atoms with Gasteiger partial charge in [-0.2, -0.15) is 0 Å². The number of rotatable bonds is 10. The third-order valence-electron chi connectivity index (χ3n) is 14.5. The highest BCUT2D eigenvalue weighted by Crippen LogP contribution is 2.50. The lowest BCUT2D eigenvalue weighted by molar-refractivity contribution is 0.486. The molecule has 304 valence electrons. The Morgan fingerprint density at radius 3 is 0.897 bits per heavy atom. The molecule has 58 heavy (non-hydrogen) atoms. The monoisotopic (exact) mass is 772 g/mol. The first-order chi connectivity index (χ1) is 27.6. The first kappa shape index (κ1) is 41.5. The van der Waals surface area contributed by atoms with Crippen LogP contribution in [0.4, 0.5) is 0 Å². The lowest BCUT2D eigenvalue weighted by Gasteiger charge is -2.40. The molecule has 0 unspecified atom stereocenters. The molecule has 7 rings (SSSR count). The van der Waals surface area contributed by atoms with Gasteiger partial charge in [0.25, 0.3) is 0 Å². The molecule has 0 fully saturated rings. The molecule has 4 aliphatic carbocycles. The predicted octanol–water partition coefficient (Wildman–Crippen LogP) is 14.0. The van der Waals surface area contributed by atoms with Gasteiger partial charge in [-0.1, -0.05) is 191 Å². The minimum Gasteiger partial charge on any atom is -0.285 e. The van der Waals surface area contributed by atoms with E-state index >= 15 is 0 Å². The predicted molar refractivity (Wildman–Crippen MR) is 248 cm³/mol. The highest BCUT2D eigenvalue weighted by molar-refractivity contribution is 5.64. The highest BCUT2D eigenvalue weighted by atomic mass is 15.2. The molecule has 2 aromatic carbocycles. The van der Waals surface area contributed by atoms with Crippen molar-refractivity contribution in [1.82, 2.24) is 9.13 Å². The minimum absolute atomic E-state index is 0.0554. The van der Waals surface area contributed by atoms with Crippen LogP contribution in [-0.4, -0.2) is 9.13 Å². The summed E-state index contributed by atoms with van der Waals surface area (Å²) in [5, 5.41) is 10.6. The quantitative estimate of drug-likeness (QED) is 0.213. The van der Waals surface area contributed by atoms with Gasteiger partial charge >= 0.3 is 0 Å². The van der Waals surface area contributed by atoms with E-state index in [0.29, 0.717) is 5.62 Å². The highest BCUT2D eigenvalue weighted by Gasteiger charge is 2.41. The van der Waals surface area contributed by atoms with Crippen LogP contribution in [0, 0.1) is 5.41 Å². The van der Waals surface area contributed by atoms with E-state index in [-0.39, 0.29) is 32.5 Å². The summed E-state index contributed by atoms with van der Waals surface area (Å²) in [6, 6.07) is 10.0. The molecule has 4 aliphatic rings. The smallest absolute Gasteiger partial charge is 0.211 e. The lowest BCUT2D eigenvalue weighted by atomic mass is 9.66. The molecular formula is C55H69N3. The summed E-state index contributed by atoms with van der Waals surface area (Å²) >= 11 is 0. The molecule has 0 saturated carbocycles. The second-order valence-electron chi connectivity index (χ2n) is 19.7. The Morgan fingerprint density at radius 2 is 0.707 bits per heavy atom. The van der Waals surface area contributed by atoms with Gasteiger partial charge in [0.15, 0.2) is 0 Å². The van der Waals surface area contributed by atoms with Crippen molar-refractivity contribution >= 4 is 0 Å². The summed E-state index contributed by atoms with van der Waals surface area (Å²) < 4.78 is 4.53. The molecule has 0 saturated heterocycles. The van der Waals surface area contributed by atoms with Crippen LogP contribution in [0.25, 0.3) is 11.4 Å². The molecule has 1 heterocycles. The zero-order valence-electron chi connectivity index (χ0n) is 37.3. The van der Waals surface area contributed by atoms with Crippen molar-refractivity contribution in [2.24, 2.45) is 0 Å². The number of benzene rings is 2. The van der Waals surface area contributed by atoms with Crippen LogP contribution in [0.5, 0.6) is 0 Å². The van der Waals surface area contributed by atoms with Gasteiger partial charge < -0.3 is 0 Å². The Kier molecular flexibility index (Phi) is 11.1. The van der Waals surface area contributed by atoms with E-state index in [1.54, 1.807) is 0 Å². The number of nitrogens with one attached hydrogen (secondary N) is 1. The van der Waals surface area contributed by atoms with Gasteiger partial charge in [0.1, 0.15) is 0 Å². The molecular weight excluding hydrogens is 703 g/mol. The van der Waals surface area contributed by atoms with Crippen LogP contribution in [0.3, 0.4) is 0 Å². The Morgan fingerprint density at radius 1 is 0.448 bits per heavy atom. The third-order valence-corrected chi connectivity index (χ3v) is 14.5. The largest absolute Gasteiger partial charge is 0.285 e. The van der Waals surface area contributed by atoms with Crippen molar-refractivity contribution < 1.29 is 0 Å². The van der Waals surface area contributed by atoms with Crippen LogP contribution < -0.4 is 5.62 Å². The molecule has 0 radical (unpaired) electrons. The number of hydrogen-bond acceptors (Lipinski definition) is 1. The average molecular weight is 772 g/mol. The summed E-state index contributed by atoms with van der Waals surface area (Å²) in [6.07, 6.45) is 49.0. The molecule has 1 N–H and O–H groups in total. The standard InChI is InChI=1S/C55H69N3/c1-11-52(27-19-15-20-28-52)43-37-41(50(5,6)7)38-44(53(12-2)29-21-16-22-30-53)47(43)57-35-36-58(49(57)56)48-45(54(13-3)31-23-17-24-32-54)39-42(51(8,9)10)40-46(48)55(14-4)33-25-18-26-34-55/h15-27,29,31,33,35-40,56H,11-14,28,30,32,34H2,1-10H3/t52-,53-,54-,55-/m0/s1. The van der Waals surface area contributed by atoms with Crippen LogP contribution in [0.2, 0.25) is 0 Å². The van der Waals surface area contributed by atoms with Crippen molar-refractivity contribution in [3.8, 4) is 11.4 Å². The van der Waals surface area contributed by atoms with Crippen LogP contribution in [0.1, 0.15) is 154 Å². The fourth-order valence-electron chi connectivity index (χ4n) is 10.2. The van der Waals surface area contributed by atoms with Gasteiger partial charge in [0, 0.05) is 34.1 Å². The van der Waals surface area contributed by atoms with E-state index in [1.807, 2.05) is 0 Å². The van der Waals surface area contributed by atoms with Crippen molar-refractivity contribution in [2.75, 3.05) is 0 Å². The molecule has 3 heteroatoms. The summed E-state index contributed by atoms with van der Waals surface area (Å²) in [5.41, 5.74) is 9.91. The third kappa shape index (κ3) is 7.01. The fraction of sp³-hybridized carbons (Fsp3) is 0.436. The molecule has 0 bridgehead atoms. The summed E-state index contributed by atoms with van der Waals surface area (Å²) in [7, 11) is 0. The van der Waals surface area contributed by atoms with Crippen LogP contribution >= 0.6 is 0 Å². The van der Waals surface area contributed by atoms with Gasteiger partial charge in [0.05, 0.1) is 11.4 Å². The van der Waals surface area contributed by atoms with E-state index in [9.17, 15) is 5.41 Å². The molecule has 4 atom stereocenters. The molecule has 0 aliphatic heterocycles. The van der Waals surface area contributed by atoms with E-state index in [4.69, 9.17) is 0 Å². The number of imidazole rings is 1. The van der Waals surface area contributed by atoms with Gasteiger partial charge in [-0.3, -0.25) is 14.5 Å². The molecule has 0 spiro atoms. The fourth-order valence-corrected chi connectivity index (χ4v) is 10.2. The number of hydrogen-bond donors (Lipinski definition) is 1. The Balaban J connectivity index is 1.63. The number of allylic oxidation sites excluding steroid dienone is 16.